The second kappa shape index (κ2) is 2.49. The number of aromatic nitrogens is 2. The molecule has 0 aliphatic carbocycles. The second-order valence-corrected chi connectivity index (χ2v) is 1.88. The van der Waals surface area contributed by atoms with Gasteiger partial charge in [0.2, 0.25) is 0 Å². The third kappa shape index (κ3) is 1.19. The Morgan fingerprint density at radius 1 is 1.67 bits per heavy atom. The molecule has 0 radical (unpaired) electrons. The molecule has 0 fully saturated rings. The predicted octanol–water partition coefficient (Wildman–Crippen LogP) is 1.76. The van der Waals surface area contributed by atoms with Crippen molar-refractivity contribution in [3.8, 4) is 0 Å². The molecule has 0 bridgehead atoms. The number of hydrogen-bond acceptors (Lipinski definition) is 1. The molecule has 1 aromatic rings. The summed E-state index contributed by atoms with van der Waals surface area (Å²) in [6.07, 6.45) is 5.72. The zero-order chi connectivity index (χ0) is 6.69. The first-order valence-corrected chi connectivity index (χ1v) is 2.97. The van der Waals surface area contributed by atoms with Crippen molar-refractivity contribution in [3.05, 3.63) is 24.5 Å². The maximum atomic E-state index is 4.04. The molecule has 48 valence electrons. The summed E-state index contributed by atoms with van der Waals surface area (Å²) >= 11 is 0. The van der Waals surface area contributed by atoms with Crippen LogP contribution in [0.2, 0.25) is 0 Å². The molecule has 0 aromatic carbocycles. The zero-order valence-electron chi connectivity index (χ0n) is 5.70. The van der Waals surface area contributed by atoms with Crippen molar-refractivity contribution in [1.29, 1.82) is 0 Å². The highest BCUT2D eigenvalue weighted by Gasteiger charge is 1.87. The van der Waals surface area contributed by atoms with Gasteiger partial charge in [-0.2, -0.15) is 5.10 Å². The smallest absolute Gasteiger partial charge is 0.0493 e. The summed E-state index contributed by atoms with van der Waals surface area (Å²) in [7, 11) is 0. The minimum atomic E-state index is 1.15. The van der Waals surface area contributed by atoms with Crippen LogP contribution < -0.4 is 0 Å². The molecule has 0 amide bonds. The van der Waals surface area contributed by atoms with Gasteiger partial charge in [0.15, 0.2) is 0 Å². The summed E-state index contributed by atoms with van der Waals surface area (Å²) in [5.74, 6) is 0. The standard InChI is InChI=1S/C7H10N2/c1-3-7(2)9-6-4-5-8-9/h3-6H,1-2H3. The highest BCUT2D eigenvalue weighted by molar-refractivity contribution is 5.39. The molecule has 0 unspecified atom stereocenters. The molecule has 1 rings (SSSR count). The lowest BCUT2D eigenvalue weighted by atomic mass is 10.5. The first-order valence-electron chi connectivity index (χ1n) is 2.97. The molecule has 0 atom stereocenters. The van der Waals surface area contributed by atoms with E-state index in [0.717, 1.165) is 5.70 Å². The van der Waals surface area contributed by atoms with Crippen LogP contribution in [0.3, 0.4) is 0 Å². The van der Waals surface area contributed by atoms with E-state index in [-0.39, 0.29) is 0 Å². The molecular weight excluding hydrogens is 112 g/mol. The van der Waals surface area contributed by atoms with Crippen LogP contribution in [0.15, 0.2) is 24.5 Å². The molecule has 0 aliphatic rings. The Bertz CT molecular complexity index is 197. The molecule has 1 aromatic heterocycles. The van der Waals surface area contributed by atoms with Crippen molar-refractivity contribution in [2.24, 2.45) is 0 Å². The summed E-state index contributed by atoms with van der Waals surface area (Å²) in [4.78, 5) is 0. The maximum Gasteiger partial charge on any atom is 0.0493 e. The molecule has 1 heterocycles. The van der Waals surface area contributed by atoms with Crippen molar-refractivity contribution in [3.63, 3.8) is 0 Å². The third-order valence-electron chi connectivity index (χ3n) is 1.28. The van der Waals surface area contributed by atoms with Gasteiger partial charge in [0.05, 0.1) is 0 Å². The molecule has 0 spiro atoms. The van der Waals surface area contributed by atoms with Gasteiger partial charge in [0.1, 0.15) is 0 Å². The van der Waals surface area contributed by atoms with Crippen LogP contribution in [0.1, 0.15) is 13.8 Å². The van der Waals surface area contributed by atoms with Gasteiger partial charge >= 0.3 is 0 Å². The summed E-state index contributed by atoms with van der Waals surface area (Å²) in [5.41, 5.74) is 1.15. The van der Waals surface area contributed by atoms with Gasteiger partial charge in [-0.25, -0.2) is 4.68 Å². The molecule has 0 N–H and O–H groups in total. The van der Waals surface area contributed by atoms with E-state index in [1.54, 1.807) is 6.20 Å². The van der Waals surface area contributed by atoms with Crippen LogP contribution in [0, 0.1) is 0 Å². The summed E-state index contributed by atoms with van der Waals surface area (Å²) in [5, 5.41) is 4.04. The van der Waals surface area contributed by atoms with Gasteiger partial charge in [-0.05, 0) is 19.9 Å². The van der Waals surface area contributed by atoms with Crippen LogP contribution >= 0.6 is 0 Å². The van der Waals surface area contributed by atoms with Gasteiger partial charge in [0.25, 0.3) is 0 Å². The molecular formula is C7H10N2. The average Bonchev–Trinajstić information content (AvgIpc) is 2.37. The van der Waals surface area contributed by atoms with E-state index in [1.807, 2.05) is 36.9 Å². The van der Waals surface area contributed by atoms with E-state index in [1.165, 1.54) is 0 Å². The largest absolute Gasteiger partial charge is 0.246 e. The normalized spacial score (nSPS) is 12.0. The van der Waals surface area contributed by atoms with Crippen LogP contribution in [-0.2, 0) is 0 Å². The van der Waals surface area contributed by atoms with E-state index < -0.39 is 0 Å². The second-order valence-electron chi connectivity index (χ2n) is 1.88. The molecule has 2 heteroatoms. The Balaban J connectivity index is 2.90. The molecule has 0 saturated carbocycles. The lowest BCUT2D eigenvalue weighted by Gasteiger charge is -1.96. The fourth-order valence-corrected chi connectivity index (χ4v) is 0.610. The maximum absolute atomic E-state index is 4.04. The highest BCUT2D eigenvalue weighted by Crippen LogP contribution is 1.98. The van der Waals surface area contributed by atoms with Gasteiger partial charge in [0, 0.05) is 18.1 Å². The van der Waals surface area contributed by atoms with Crippen LogP contribution in [0.5, 0.6) is 0 Å². The average molecular weight is 122 g/mol. The molecule has 2 nitrogen and oxygen atoms in total. The lowest BCUT2D eigenvalue weighted by molar-refractivity contribution is 0.894. The monoisotopic (exact) mass is 122 g/mol. The quantitative estimate of drug-likeness (QED) is 0.555. The summed E-state index contributed by atoms with van der Waals surface area (Å²) < 4.78 is 1.83. The summed E-state index contributed by atoms with van der Waals surface area (Å²) in [6, 6.07) is 1.91. The van der Waals surface area contributed by atoms with Crippen LogP contribution in [0.25, 0.3) is 5.70 Å². The van der Waals surface area contributed by atoms with Crippen LogP contribution in [0.4, 0.5) is 0 Å². The van der Waals surface area contributed by atoms with E-state index in [4.69, 9.17) is 0 Å². The number of allylic oxidation sites excluding steroid dienone is 2. The number of rotatable bonds is 1. The van der Waals surface area contributed by atoms with Crippen molar-refractivity contribution in [1.82, 2.24) is 9.78 Å². The zero-order valence-corrected chi connectivity index (χ0v) is 5.70. The topological polar surface area (TPSA) is 17.8 Å². The Hall–Kier alpha value is -1.05. The number of hydrogen-bond donors (Lipinski definition) is 0. The molecule has 9 heavy (non-hydrogen) atoms. The predicted molar refractivity (Wildman–Crippen MR) is 37.8 cm³/mol. The Morgan fingerprint density at radius 2 is 2.44 bits per heavy atom. The molecule has 0 saturated heterocycles. The van der Waals surface area contributed by atoms with Crippen LogP contribution in [-0.4, -0.2) is 9.78 Å². The van der Waals surface area contributed by atoms with Gasteiger partial charge in [-0.1, -0.05) is 6.08 Å². The summed E-state index contributed by atoms with van der Waals surface area (Å²) in [6.45, 7) is 4.02. The van der Waals surface area contributed by atoms with Gasteiger partial charge in [-0.15, -0.1) is 0 Å². The fraction of sp³-hybridized carbons (Fsp3) is 0.286. The van der Waals surface area contributed by atoms with Crippen molar-refractivity contribution in [2.45, 2.75) is 13.8 Å². The van der Waals surface area contributed by atoms with Gasteiger partial charge < -0.3 is 0 Å². The first-order chi connectivity index (χ1) is 4.34. The Kier molecular flexibility index (Phi) is 1.68. The Morgan fingerprint density at radius 3 is 2.89 bits per heavy atom. The third-order valence-corrected chi connectivity index (χ3v) is 1.28. The van der Waals surface area contributed by atoms with E-state index in [9.17, 15) is 0 Å². The number of nitrogens with zero attached hydrogens (tertiary/aromatic N) is 2. The van der Waals surface area contributed by atoms with E-state index in [0.29, 0.717) is 0 Å². The van der Waals surface area contributed by atoms with E-state index in [2.05, 4.69) is 5.10 Å². The lowest BCUT2D eigenvalue weighted by Crippen LogP contribution is -1.91. The minimum absolute atomic E-state index is 1.15. The fourth-order valence-electron chi connectivity index (χ4n) is 0.610. The van der Waals surface area contributed by atoms with Crippen molar-refractivity contribution >= 4 is 5.70 Å². The van der Waals surface area contributed by atoms with E-state index >= 15 is 0 Å². The first kappa shape index (κ1) is 6.08. The minimum Gasteiger partial charge on any atom is -0.246 e. The SMILES string of the molecule is CC=C(C)n1cccn1. The van der Waals surface area contributed by atoms with Crippen molar-refractivity contribution < 1.29 is 0 Å². The highest BCUT2D eigenvalue weighted by atomic mass is 15.3. The Labute approximate surface area is 54.8 Å². The van der Waals surface area contributed by atoms with Crippen molar-refractivity contribution in [2.75, 3.05) is 0 Å². The van der Waals surface area contributed by atoms with Gasteiger partial charge in [-0.3, -0.25) is 0 Å². The molecule has 0 aliphatic heterocycles.